The van der Waals surface area contributed by atoms with Gasteiger partial charge in [-0.15, -0.1) is 5.10 Å². The summed E-state index contributed by atoms with van der Waals surface area (Å²) >= 11 is 0. The lowest BCUT2D eigenvalue weighted by Crippen LogP contribution is -2.28. The van der Waals surface area contributed by atoms with Gasteiger partial charge in [0, 0.05) is 13.1 Å². The fourth-order valence-electron chi connectivity index (χ4n) is 4.14. The van der Waals surface area contributed by atoms with Gasteiger partial charge in [0.2, 0.25) is 5.95 Å². The Hall–Kier alpha value is -2.41. The van der Waals surface area contributed by atoms with Gasteiger partial charge in [-0.05, 0) is 49.9 Å². The molecule has 7 nitrogen and oxygen atoms in total. The molecule has 28 heavy (non-hydrogen) atoms. The number of anilines is 1. The van der Waals surface area contributed by atoms with Crippen molar-refractivity contribution in [3.8, 4) is 0 Å². The third-order valence-corrected chi connectivity index (χ3v) is 5.76. The van der Waals surface area contributed by atoms with Crippen LogP contribution in [-0.2, 0) is 13.1 Å². The molecule has 150 valence electrons. The fraction of sp³-hybridized carbons (Fsp3) is 0.571. The van der Waals surface area contributed by atoms with Gasteiger partial charge in [0.1, 0.15) is 6.33 Å². The van der Waals surface area contributed by atoms with Crippen LogP contribution in [0.15, 0.2) is 30.6 Å². The van der Waals surface area contributed by atoms with E-state index in [2.05, 4.69) is 49.9 Å². The van der Waals surface area contributed by atoms with E-state index in [-0.39, 0.29) is 6.03 Å². The Morgan fingerprint density at radius 2 is 1.71 bits per heavy atom. The smallest absolute Gasteiger partial charge is 0.321 e. The van der Waals surface area contributed by atoms with E-state index in [0.29, 0.717) is 18.5 Å². The second-order valence-corrected chi connectivity index (χ2v) is 7.95. The second kappa shape index (κ2) is 9.19. The molecule has 1 aliphatic heterocycles. The van der Waals surface area contributed by atoms with Crippen molar-refractivity contribution in [2.75, 3.05) is 18.4 Å². The van der Waals surface area contributed by atoms with Gasteiger partial charge in [0.25, 0.3) is 0 Å². The highest BCUT2D eigenvalue weighted by molar-refractivity contribution is 5.87. The second-order valence-electron chi connectivity index (χ2n) is 7.95. The summed E-state index contributed by atoms with van der Waals surface area (Å²) in [5.74, 6) is 0.365. The molecule has 2 aromatic rings. The van der Waals surface area contributed by atoms with E-state index in [4.69, 9.17) is 0 Å². The summed E-state index contributed by atoms with van der Waals surface area (Å²) in [5.41, 5.74) is 2.41. The number of hydrogen-bond donors (Lipinski definition) is 2. The van der Waals surface area contributed by atoms with Gasteiger partial charge in [-0.2, -0.15) is 0 Å². The van der Waals surface area contributed by atoms with Crippen LogP contribution in [0.5, 0.6) is 0 Å². The van der Waals surface area contributed by atoms with Crippen LogP contribution in [0.3, 0.4) is 0 Å². The van der Waals surface area contributed by atoms with Crippen molar-refractivity contribution in [1.82, 2.24) is 25.0 Å². The Bertz CT molecular complexity index is 759. The maximum Gasteiger partial charge on any atom is 0.321 e. The topological polar surface area (TPSA) is 75.1 Å². The van der Waals surface area contributed by atoms with Gasteiger partial charge in [-0.3, -0.25) is 10.2 Å². The lowest BCUT2D eigenvalue weighted by Gasteiger charge is -2.21. The average molecular weight is 383 g/mol. The number of amides is 2. The molecule has 2 fully saturated rings. The van der Waals surface area contributed by atoms with Crippen LogP contribution >= 0.6 is 0 Å². The Morgan fingerprint density at radius 3 is 2.46 bits per heavy atom. The third-order valence-electron chi connectivity index (χ3n) is 5.76. The number of benzene rings is 1. The normalized spacial score (nSPS) is 18.3. The molecule has 2 aliphatic rings. The molecule has 1 aliphatic carbocycles. The van der Waals surface area contributed by atoms with Crippen molar-refractivity contribution in [2.24, 2.45) is 0 Å². The van der Waals surface area contributed by atoms with Crippen molar-refractivity contribution in [3.63, 3.8) is 0 Å². The molecule has 0 radical (unpaired) electrons. The summed E-state index contributed by atoms with van der Waals surface area (Å²) in [6.07, 6.45) is 10.4. The largest absolute Gasteiger partial charge is 0.334 e. The van der Waals surface area contributed by atoms with Crippen LogP contribution in [0.25, 0.3) is 0 Å². The van der Waals surface area contributed by atoms with E-state index in [9.17, 15) is 4.79 Å². The minimum Gasteiger partial charge on any atom is -0.334 e. The zero-order chi connectivity index (χ0) is 19.2. The number of nitrogens with zero attached hydrogens (tertiary/aromatic N) is 4. The zero-order valence-corrected chi connectivity index (χ0v) is 16.4. The highest BCUT2D eigenvalue weighted by atomic mass is 16.2. The molecular formula is C21H30N6O. The Morgan fingerprint density at radius 1 is 1.00 bits per heavy atom. The van der Waals surface area contributed by atoms with Gasteiger partial charge >= 0.3 is 6.03 Å². The number of nitrogens with one attached hydrogen (secondary N) is 2. The minimum atomic E-state index is -0.275. The summed E-state index contributed by atoms with van der Waals surface area (Å²) < 4.78 is 1.90. The van der Waals surface area contributed by atoms with E-state index in [1.165, 1.54) is 50.8 Å². The van der Waals surface area contributed by atoms with E-state index in [1.807, 2.05) is 4.68 Å². The van der Waals surface area contributed by atoms with Crippen molar-refractivity contribution < 1.29 is 4.79 Å². The van der Waals surface area contributed by atoms with Gasteiger partial charge in [-0.25, -0.2) is 14.5 Å². The predicted molar refractivity (Wildman–Crippen MR) is 109 cm³/mol. The highest BCUT2D eigenvalue weighted by Gasteiger charge is 2.17. The van der Waals surface area contributed by atoms with Gasteiger partial charge < -0.3 is 5.32 Å². The number of likely N-dealkylation sites (tertiary alicyclic amines) is 1. The maximum atomic E-state index is 12.2. The lowest BCUT2D eigenvalue weighted by atomic mass is 9.96. The number of hydrogen-bond acceptors (Lipinski definition) is 4. The average Bonchev–Trinajstić information content (AvgIpc) is 3.40. The van der Waals surface area contributed by atoms with Crippen molar-refractivity contribution >= 4 is 12.0 Å². The molecule has 1 aromatic heterocycles. The highest BCUT2D eigenvalue weighted by Crippen LogP contribution is 2.27. The first-order chi connectivity index (χ1) is 13.8. The molecule has 0 unspecified atom stereocenters. The molecule has 7 heteroatoms. The van der Waals surface area contributed by atoms with Crippen LogP contribution in [0.1, 0.15) is 62.1 Å². The van der Waals surface area contributed by atoms with Gasteiger partial charge in [0.05, 0.1) is 6.04 Å². The van der Waals surface area contributed by atoms with Crippen LogP contribution in [0, 0.1) is 0 Å². The third kappa shape index (κ3) is 5.10. The first-order valence-electron chi connectivity index (χ1n) is 10.5. The first kappa shape index (κ1) is 18.9. The van der Waals surface area contributed by atoms with E-state index in [1.54, 1.807) is 6.33 Å². The molecule has 2 heterocycles. The Kier molecular flexibility index (Phi) is 6.21. The van der Waals surface area contributed by atoms with E-state index in [0.717, 1.165) is 24.9 Å². The molecule has 1 saturated heterocycles. The summed E-state index contributed by atoms with van der Waals surface area (Å²) in [6, 6.07) is 8.62. The summed E-state index contributed by atoms with van der Waals surface area (Å²) in [5, 5.41) is 10.0. The number of aromatic nitrogens is 3. The van der Waals surface area contributed by atoms with Crippen molar-refractivity contribution in [1.29, 1.82) is 0 Å². The van der Waals surface area contributed by atoms with Crippen molar-refractivity contribution in [2.45, 2.75) is 64.1 Å². The van der Waals surface area contributed by atoms with E-state index >= 15 is 0 Å². The van der Waals surface area contributed by atoms with Crippen molar-refractivity contribution in [3.05, 3.63) is 41.7 Å². The summed E-state index contributed by atoms with van der Waals surface area (Å²) in [4.78, 5) is 18.9. The van der Waals surface area contributed by atoms with Crippen LogP contribution in [0.2, 0.25) is 0 Å². The molecule has 4 rings (SSSR count). The molecule has 0 bridgehead atoms. The summed E-state index contributed by atoms with van der Waals surface area (Å²) in [7, 11) is 0. The molecule has 1 aromatic carbocycles. The number of urea groups is 1. The lowest BCUT2D eigenvalue weighted by molar-refractivity contribution is 0.251. The van der Waals surface area contributed by atoms with E-state index < -0.39 is 0 Å². The number of rotatable bonds is 6. The zero-order valence-electron chi connectivity index (χ0n) is 16.4. The quantitative estimate of drug-likeness (QED) is 0.799. The Balaban J connectivity index is 1.22. The molecular weight excluding hydrogens is 352 g/mol. The number of carbonyl (C=O) groups is 1. The monoisotopic (exact) mass is 382 g/mol. The molecule has 2 N–H and O–H groups in total. The molecule has 0 atom stereocenters. The molecule has 1 saturated carbocycles. The van der Waals surface area contributed by atoms with Crippen LogP contribution < -0.4 is 10.6 Å². The fourth-order valence-corrected chi connectivity index (χ4v) is 4.14. The standard InChI is InChI=1S/C21H30N6O/c28-21(24-20-23-16-27(25-20)19-6-2-1-3-7-19)22-14-17-8-10-18(11-9-17)15-26-12-4-5-13-26/h8-11,16,19H,1-7,12-15H2,(H2,22,24,25,28). The first-order valence-corrected chi connectivity index (χ1v) is 10.5. The summed E-state index contributed by atoms with van der Waals surface area (Å²) in [6.45, 7) is 3.91. The number of carbonyl (C=O) groups excluding carboxylic acids is 1. The maximum absolute atomic E-state index is 12.2. The SMILES string of the molecule is O=C(NCc1ccc(CN2CCCC2)cc1)Nc1ncn(C2CCCCC2)n1. The molecule has 2 amide bonds. The van der Waals surface area contributed by atoms with Crippen LogP contribution in [0.4, 0.5) is 10.7 Å². The predicted octanol–water partition coefficient (Wildman–Crippen LogP) is 3.70. The minimum absolute atomic E-state index is 0.275. The van der Waals surface area contributed by atoms with Gasteiger partial charge in [-0.1, -0.05) is 43.5 Å². The Labute approximate surface area is 166 Å². The molecule has 0 spiro atoms. The van der Waals surface area contributed by atoms with Crippen LogP contribution in [-0.4, -0.2) is 38.8 Å². The van der Waals surface area contributed by atoms with Gasteiger partial charge in [0.15, 0.2) is 0 Å².